The van der Waals surface area contributed by atoms with E-state index in [1.54, 1.807) is 0 Å². The molecule has 1 aliphatic carbocycles. The molecule has 1 aliphatic heterocycles. The first-order chi connectivity index (χ1) is 9.02. The van der Waals surface area contributed by atoms with Gasteiger partial charge in [-0.3, -0.25) is 4.79 Å². The van der Waals surface area contributed by atoms with Gasteiger partial charge in [0, 0.05) is 18.9 Å². The number of rotatable bonds is 3. The highest BCUT2D eigenvalue weighted by Gasteiger charge is 2.41. The average Bonchev–Trinajstić information content (AvgIpc) is 2.80. The smallest absolute Gasteiger partial charge is 0.326 e. The Morgan fingerprint density at radius 1 is 1.21 bits per heavy atom. The molecule has 19 heavy (non-hydrogen) atoms. The molecular formula is C13H22N2O4. The molecule has 0 radical (unpaired) electrons. The van der Waals surface area contributed by atoms with Crippen LogP contribution in [0.2, 0.25) is 0 Å². The minimum Gasteiger partial charge on any atom is -0.480 e. The Kier molecular flexibility index (Phi) is 4.42. The summed E-state index contributed by atoms with van der Waals surface area (Å²) in [6.45, 7) is 0.799. The van der Waals surface area contributed by atoms with E-state index in [-0.39, 0.29) is 24.8 Å². The molecule has 1 amide bonds. The molecule has 2 rings (SSSR count). The average molecular weight is 270 g/mol. The predicted molar refractivity (Wildman–Crippen MR) is 68.3 cm³/mol. The van der Waals surface area contributed by atoms with Crippen LogP contribution >= 0.6 is 0 Å². The summed E-state index contributed by atoms with van der Waals surface area (Å²) in [5.41, 5.74) is 5.62. The highest BCUT2D eigenvalue weighted by atomic mass is 16.4. The topological polar surface area (TPSA) is 104 Å². The summed E-state index contributed by atoms with van der Waals surface area (Å²) in [5.74, 6) is -0.751. The van der Waals surface area contributed by atoms with Crippen molar-refractivity contribution in [1.29, 1.82) is 0 Å². The van der Waals surface area contributed by atoms with Crippen molar-refractivity contribution in [2.75, 3.05) is 13.1 Å². The maximum Gasteiger partial charge on any atom is 0.326 e. The van der Waals surface area contributed by atoms with Gasteiger partial charge in [0.15, 0.2) is 0 Å². The first-order valence-electron chi connectivity index (χ1n) is 6.94. The largest absolute Gasteiger partial charge is 0.480 e. The lowest BCUT2D eigenvalue weighted by atomic mass is 9.81. The minimum absolute atomic E-state index is 0.102. The third-order valence-electron chi connectivity index (χ3n) is 4.38. The summed E-state index contributed by atoms with van der Waals surface area (Å²) >= 11 is 0. The number of nitrogens with two attached hydrogens (primary N) is 1. The molecule has 0 unspecified atom stereocenters. The molecule has 1 saturated heterocycles. The molecule has 4 N–H and O–H groups in total. The van der Waals surface area contributed by atoms with Crippen LogP contribution in [0.1, 0.15) is 32.1 Å². The quantitative estimate of drug-likeness (QED) is 0.658. The summed E-state index contributed by atoms with van der Waals surface area (Å²) in [7, 11) is 0. The normalized spacial score (nSPS) is 35.4. The number of hydrogen-bond donors (Lipinski definition) is 3. The van der Waals surface area contributed by atoms with Crippen LogP contribution in [0.4, 0.5) is 0 Å². The Labute approximate surface area is 112 Å². The number of aliphatic hydroxyl groups excluding tert-OH is 1. The molecule has 2 atom stereocenters. The number of nitrogens with zero attached hydrogens (tertiary/aromatic N) is 1. The number of amides is 1. The zero-order valence-electron chi connectivity index (χ0n) is 11.0. The van der Waals surface area contributed by atoms with E-state index in [2.05, 4.69) is 0 Å². The van der Waals surface area contributed by atoms with E-state index in [0.29, 0.717) is 12.5 Å². The van der Waals surface area contributed by atoms with Gasteiger partial charge in [-0.15, -0.1) is 0 Å². The summed E-state index contributed by atoms with van der Waals surface area (Å²) < 4.78 is 0. The molecule has 1 heterocycles. The number of carboxylic acids is 1. The van der Waals surface area contributed by atoms with Gasteiger partial charge in [-0.25, -0.2) is 4.79 Å². The van der Waals surface area contributed by atoms with Gasteiger partial charge >= 0.3 is 5.97 Å². The van der Waals surface area contributed by atoms with Crippen LogP contribution in [0, 0.1) is 11.8 Å². The molecule has 108 valence electrons. The molecule has 0 aromatic rings. The number of hydrogen-bond acceptors (Lipinski definition) is 4. The molecule has 1 saturated carbocycles. The highest BCUT2D eigenvalue weighted by molar-refractivity contribution is 5.85. The fourth-order valence-electron chi connectivity index (χ4n) is 3.17. The Hall–Kier alpha value is -1.14. The molecule has 0 spiro atoms. The van der Waals surface area contributed by atoms with Gasteiger partial charge in [-0.1, -0.05) is 0 Å². The van der Waals surface area contributed by atoms with Gasteiger partial charge in [-0.2, -0.15) is 0 Å². The van der Waals surface area contributed by atoms with E-state index in [1.165, 1.54) is 4.90 Å². The zero-order valence-corrected chi connectivity index (χ0v) is 11.0. The summed E-state index contributed by atoms with van der Waals surface area (Å²) in [4.78, 5) is 24.8. The first-order valence-corrected chi connectivity index (χ1v) is 6.94. The Morgan fingerprint density at radius 3 is 2.37 bits per heavy atom. The van der Waals surface area contributed by atoms with E-state index < -0.39 is 18.1 Å². The van der Waals surface area contributed by atoms with Crippen LogP contribution in [0.5, 0.6) is 0 Å². The number of aliphatic hydroxyl groups is 1. The van der Waals surface area contributed by atoms with Crippen LogP contribution in [0.15, 0.2) is 0 Å². The van der Waals surface area contributed by atoms with Crippen LogP contribution in [0.3, 0.4) is 0 Å². The summed E-state index contributed by atoms with van der Waals surface area (Å²) in [6.07, 6.45) is 2.84. The van der Waals surface area contributed by atoms with Crippen molar-refractivity contribution < 1.29 is 19.8 Å². The lowest BCUT2D eigenvalue weighted by Gasteiger charge is -2.31. The van der Waals surface area contributed by atoms with Gasteiger partial charge in [0.1, 0.15) is 6.04 Å². The van der Waals surface area contributed by atoms with Crippen LogP contribution in [-0.2, 0) is 9.59 Å². The van der Waals surface area contributed by atoms with Gasteiger partial charge in [-0.05, 0) is 38.1 Å². The maximum atomic E-state index is 12.4. The fourth-order valence-corrected chi connectivity index (χ4v) is 3.17. The molecule has 0 aromatic carbocycles. The molecule has 2 aliphatic rings. The third-order valence-corrected chi connectivity index (χ3v) is 4.38. The third kappa shape index (κ3) is 3.06. The van der Waals surface area contributed by atoms with E-state index in [0.717, 1.165) is 25.7 Å². The molecule has 0 aromatic heterocycles. The zero-order chi connectivity index (χ0) is 14.0. The van der Waals surface area contributed by atoms with Gasteiger partial charge in [0.2, 0.25) is 5.91 Å². The van der Waals surface area contributed by atoms with E-state index in [1.807, 2.05) is 0 Å². The molecule has 6 heteroatoms. The Bertz CT molecular complexity index is 353. The maximum absolute atomic E-state index is 12.4. The summed E-state index contributed by atoms with van der Waals surface area (Å²) in [5, 5.41) is 18.7. The minimum atomic E-state index is -1.03. The molecular weight excluding hydrogens is 248 g/mol. The van der Waals surface area contributed by atoms with Crippen LogP contribution < -0.4 is 5.73 Å². The Morgan fingerprint density at radius 2 is 1.84 bits per heavy atom. The monoisotopic (exact) mass is 270 g/mol. The van der Waals surface area contributed by atoms with Crippen molar-refractivity contribution in [3.63, 3.8) is 0 Å². The second-order valence-corrected chi connectivity index (χ2v) is 5.69. The molecule has 0 bridgehead atoms. The summed E-state index contributed by atoms with van der Waals surface area (Å²) in [6, 6.07) is -0.866. The predicted octanol–water partition coefficient (Wildman–Crippen LogP) is -0.202. The van der Waals surface area contributed by atoms with Crippen LogP contribution in [0.25, 0.3) is 0 Å². The molecule has 2 fully saturated rings. The first kappa shape index (κ1) is 14.3. The van der Waals surface area contributed by atoms with Crippen molar-refractivity contribution >= 4 is 11.9 Å². The van der Waals surface area contributed by atoms with Crippen molar-refractivity contribution in [3.05, 3.63) is 0 Å². The second kappa shape index (κ2) is 5.88. The number of carbonyl (C=O) groups is 2. The number of carbonyl (C=O) groups excluding carboxylic acids is 1. The van der Waals surface area contributed by atoms with Crippen LogP contribution in [-0.4, -0.2) is 52.2 Å². The van der Waals surface area contributed by atoms with Crippen molar-refractivity contribution in [1.82, 2.24) is 4.90 Å². The van der Waals surface area contributed by atoms with Crippen molar-refractivity contribution in [2.45, 2.75) is 44.2 Å². The SMILES string of the molecule is NCC1CCC(C(=O)N2C[C@H](O)C[C@H]2C(=O)O)CC1. The van der Waals surface area contributed by atoms with E-state index in [4.69, 9.17) is 10.8 Å². The van der Waals surface area contributed by atoms with Gasteiger partial charge < -0.3 is 20.8 Å². The fraction of sp³-hybridized carbons (Fsp3) is 0.846. The van der Waals surface area contributed by atoms with Gasteiger partial charge in [0.05, 0.1) is 6.10 Å². The second-order valence-electron chi connectivity index (χ2n) is 5.69. The number of carboxylic acid groups (broad SMARTS) is 1. The number of β-amino-alcohol motifs (C(OH)–C–C–N with tert-alkyl or cyclic N) is 1. The number of aliphatic carboxylic acids is 1. The number of likely N-dealkylation sites (tertiary alicyclic amines) is 1. The Balaban J connectivity index is 1.97. The van der Waals surface area contributed by atoms with E-state index in [9.17, 15) is 14.7 Å². The van der Waals surface area contributed by atoms with Gasteiger partial charge in [0.25, 0.3) is 0 Å². The van der Waals surface area contributed by atoms with E-state index >= 15 is 0 Å². The lowest BCUT2D eigenvalue weighted by molar-refractivity contribution is -0.150. The highest BCUT2D eigenvalue weighted by Crippen LogP contribution is 2.31. The standard InChI is InChI=1S/C13H22N2O4/c14-6-8-1-3-9(4-2-8)12(17)15-7-10(16)5-11(15)13(18)19/h8-11,16H,1-7,14H2,(H,18,19)/t8?,9?,10-,11+/m1/s1. The lowest BCUT2D eigenvalue weighted by Crippen LogP contribution is -2.44. The van der Waals surface area contributed by atoms with Crippen molar-refractivity contribution in [2.24, 2.45) is 17.6 Å². The molecule has 6 nitrogen and oxygen atoms in total. The van der Waals surface area contributed by atoms with Crippen molar-refractivity contribution in [3.8, 4) is 0 Å².